The Kier molecular flexibility index (Phi) is 5.44. The Hall–Kier alpha value is -0.570. The van der Waals surface area contributed by atoms with Gasteiger partial charge in [-0.05, 0) is 24.8 Å². The van der Waals surface area contributed by atoms with Gasteiger partial charge in [-0.1, -0.05) is 0 Å². The number of primary sulfonamides is 1. The third kappa shape index (κ3) is 5.07. The number of carbonyl (C=O) groups is 1. The van der Waals surface area contributed by atoms with E-state index in [1.807, 2.05) is 6.26 Å². The molecule has 0 aliphatic carbocycles. The maximum Gasteiger partial charge on any atom is 0.247 e. The molecule has 3 N–H and O–H groups in total. The number of hydrogen-bond donors (Lipinski definition) is 2. The van der Waals surface area contributed by atoms with Gasteiger partial charge in [-0.2, -0.15) is 11.8 Å². The predicted octanol–water partition coefficient (Wildman–Crippen LogP) is 0.417. The predicted molar refractivity (Wildman–Crippen MR) is 70.8 cm³/mol. The summed E-state index contributed by atoms with van der Waals surface area (Å²) in [6.45, 7) is 0.504. The Bertz CT molecular complexity index is 481. The van der Waals surface area contributed by atoms with Crippen LogP contribution < -0.4 is 10.5 Å². The Labute approximate surface area is 109 Å². The molecule has 1 aromatic rings. The van der Waals surface area contributed by atoms with Crippen molar-refractivity contribution in [2.75, 3.05) is 18.6 Å². The van der Waals surface area contributed by atoms with Gasteiger partial charge in [0.15, 0.2) is 0 Å². The van der Waals surface area contributed by atoms with Crippen LogP contribution in [0, 0.1) is 0 Å². The van der Waals surface area contributed by atoms with Crippen molar-refractivity contribution in [1.82, 2.24) is 5.32 Å². The first-order chi connectivity index (χ1) is 7.93. The van der Waals surface area contributed by atoms with Crippen molar-refractivity contribution in [3.8, 4) is 0 Å². The lowest BCUT2D eigenvalue weighted by atomic mass is 10.3. The molecule has 0 aliphatic rings. The van der Waals surface area contributed by atoms with Crippen LogP contribution in [0.2, 0.25) is 0 Å². The highest BCUT2D eigenvalue weighted by Gasteiger charge is 2.10. The minimum absolute atomic E-state index is 0.0132. The van der Waals surface area contributed by atoms with Crippen molar-refractivity contribution >= 4 is 39.0 Å². The Morgan fingerprint density at radius 2 is 2.24 bits per heavy atom. The number of thiophene rings is 1. The number of nitrogens with one attached hydrogen (secondary N) is 1. The van der Waals surface area contributed by atoms with Gasteiger partial charge in [-0.15, -0.1) is 11.3 Å². The van der Waals surface area contributed by atoms with E-state index in [9.17, 15) is 13.2 Å². The molecule has 1 aromatic heterocycles. The monoisotopic (exact) mass is 294 g/mol. The number of hydrogen-bond acceptors (Lipinski definition) is 5. The number of thioether (sulfide) groups is 1. The molecule has 1 amide bonds. The van der Waals surface area contributed by atoms with Crippen molar-refractivity contribution in [3.05, 3.63) is 17.0 Å². The lowest BCUT2D eigenvalue weighted by Gasteiger charge is -2.01. The van der Waals surface area contributed by atoms with E-state index >= 15 is 0 Å². The fraction of sp³-hybridized carbons (Fsp3) is 0.444. The van der Waals surface area contributed by atoms with Crippen LogP contribution in [0.1, 0.15) is 4.88 Å². The van der Waals surface area contributed by atoms with Gasteiger partial charge in [0, 0.05) is 11.4 Å². The van der Waals surface area contributed by atoms with Crippen LogP contribution in [0.4, 0.5) is 0 Å². The summed E-state index contributed by atoms with van der Waals surface area (Å²) in [5, 5.41) is 7.74. The van der Waals surface area contributed by atoms with E-state index in [0.717, 1.165) is 16.2 Å². The Balaban J connectivity index is 2.43. The van der Waals surface area contributed by atoms with Crippen LogP contribution in [0.25, 0.3) is 0 Å². The number of rotatable bonds is 6. The maximum atomic E-state index is 11.2. The van der Waals surface area contributed by atoms with E-state index in [4.69, 9.17) is 5.14 Å². The van der Waals surface area contributed by atoms with Gasteiger partial charge < -0.3 is 5.32 Å². The van der Waals surface area contributed by atoms with Gasteiger partial charge in [0.05, 0.1) is 5.75 Å². The highest BCUT2D eigenvalue weighted by atomic mass is 32.2. The summed E-state index contributed by atoms with van der Waals surface area (Å²) < 4.78 is 22.2. The van der Waals surface area contributed by atoms with Crippen LogP contribution >= 0.6 is 23.1 Å². The maximum absolute atomic E-state index is 11.2. The average molecular weight is 294 g/mol. The SMILES string of the molecule is CSCC(=O)NCCc1ccc(S(N)(=O)=O)s1. The number of carbonyl (C=O) groups excluding carboxylic acids is 1. The minimum atomic E-state index is -3.60. The summed E-state index contributed by atoms with van der Waals surface area (Å²) in [7, 11) is -3.60. The highest BCUT2D eigenvalue weighted by molar-refractivity contribution is 7.99. The molecule has 0 fully saturated rings. The lowest BCUT2D eigenvalue weighted by Crippen LogP contribution is -2.26. The minimum Gasteiger partial charge on any atom is -0.355 e. The van der Waals surface area contributed by atoms with Gasteiger partial charge in [0.1, 0.15) is 4.21 Å². The standard InChI is InChI=1S/C9H14N2O3S3/c1-15-6-8(12)11-5-4-7-2-3-9(16-7)17(10,13)14/h2-3H,4-6H2,1H3,(H,11,12)(H2,10,13,14). The Morgan fingerprint density at radius 1 is 1.53 bits per heavy atom. The van der Waals surface area contributed by atoms with Gasteiger partial charge in [0.25, 0.3) is 0 Å². The molecule has 0 aromatic carbocycles. The smallest absolute Gasteiger partial charge is 0.247 e. The fourth-order valence-corrected chi connectivity index (χ4v) is 3.30. The zero-order valence-corrected chi connectivity index (χ0v) is 11.8. The number of nitrogens with two attached hydrogens (primary N) is 1. The van der Waals surface area contributed by atoms with Crippen LogP contribution in [-0.4, -0.2) is 32.9 Å². The first-order valence-electron chi connectivity index (χ1n) is 4.80. The molecule has 0 radical (unpaired) electrons. The second kappa shape index (κ2) is 6.39. The van der Waals surface area contributed by atoms with Crippen molar-refractivity contribution in [3.63, 3.8) is 0 Å². The first-order valence-corrected chi connectivity index (χ1v) is 8.56. The fourth-order valence-electron chi connectivity index (χ4n) is 1.15. The molecule has 8 heteroatoms. The summed E-state index contributed by atoms with van der Waals surface area (Å²) in [5.74, 6) is 0.424. The molecule has 0 atom stereocenters. The first kappa shape index (κ1) is 14.5. The topological polar surface area (TPSA) is 89.3 Å². The summed E-state index contributed by atoms with van der Waals surface area (Å²) >= 11 is 2.59. The highest BCUT2D eigenvalue weighted by Crippen LogP contribution is 2.20. The second-order valence-corrected chi connectivity index (χ2v) is 7.12. The molecule has 96 valence electrons. The van der Waals surface area contributed by atoms with Gasteiger partial charge >= 0.3 is 0 Å². The van der Waals surface area contributed by atoms with Crippen molar-refractivity contribution in [2.24, 2.45) is 5.14 Å². The summed E-state index contributed by atoms with van der Waals surface area (Å²) in [5.41, 5.74) is 0. The van der Waals surface area contributed by atoms with Crippen molar-refractivity contribution in [1.29, 1.82) is 0 Å². The van der Waals surface area contributed by atoms with Gasteiger partial charge in [-0.3, -0.25) is 4.79 Å². The molecular formula is C9H14N2O3S3. The van der Waals surface area contributed by atoms with Crippen LogP contribution in [0.15, 0.2) is 16.3 Å². The van der Waals surface area contributed by atoms with E-state index in [-0.39, 0.29) is 10.1 Å². The summed E-state index contributed by atoms with van der Waals surface area (Å²) in [6, 6.07) is 3.20. The Morgan fingerprint density at radius 3 is 2.76 bits per heavy atom. The van der Waals surface area contributed by atoms with Crippen LogP contribution in [0.3, 0.4) is 0 Å². The third-order valence-corrected chi connectivity index (χ3v) is 5.02. The molecule has 17 heavy (non-hydrogen) atoms. The molecule has 0 unspecified atom stereocenters. The zero-order chi connectivity index (χ0) is 12.9. The van der Waals surface area contributed by atoms with E-state index < -0.39 is 10.0 Å². The van der Waals surface area contributed by atoms with E-state index in [2.05, 4.69) is 5.32 Å². The molecule has 0 bridgehead atoms. The van der Waals surface area contributed by atoms with E-state index in [0.29, 0.717) is 18.7 Å². The quantitative estimate of drug-likeness (QED) is 0.795. The van der Waals surface area contributed by atoms with Crippen LogP contribution in [-0.2, 0) is 21.2 Å². The largest absolute Gasteiger partial charge is 0.355 e. The number of sulfonamides is 1. The number of amides is 1. The molecule has 5 nitrogen and oxygen atoms in total. The summed E-state index contributed by atoms with van der Waals surface area (Å²) in [4.78, 5) is 12.0. The molecular weight excluding hydrogens is 280 g/mol. The van der Waals surface area contributed by atoms with Gasteiger partial charge in [0.2, 0.25) is 15.9 Å². The molecule has 0 saturated heterocycles. The second-order valence-electron chi connectivity index (χ2n) is 3.30. The lowest BCUT2D eigenvalue weighted by molar-refractivity contribution is -0.118. The molecule has 1 rings (SSSR count). The molecule has 1 heterocycles. The molecule has 0 spiro atoms. The van der Waals surface area contributed by atoms with E-state index in [1.165, 1.54) is 17.8 Å². The normalized spacial score (nSPS) is 11.4. The summed E-state index contributed by atoms with van der Waals surface area (Å²) in [6.07, 6.45) is 2.47. The van der Waals surface area contributed by atoms with Gasteiger partial charge in [-0.25, -0.2) is 13.6 Å². The van der Waals surface area contributed by atoms with E-state index in [1.54, 1.807) is 6.07 Å². The van der Waals surface area contributed by atoms with Crippen molar-refractivity contribution in [2.45, 2.75) is 10.6 Å². The zero-order valence-electron chi connectivity index (χ0n) is 9.30. The third-order valence-electron chi connectivity index (χ3n) is 1.89. The van der Waals surface area contributed by atoms with Crippen LogP contribution in [0.5, 0.6) is 0 Å². The molecule has 0 aliphatic heterocycles. The average Bonchev–Trinajstić information content (AvgIpc) is 2.66. The molecule has 0 saturated carbocycles. The van der Waals surface area contributed by atoms with Crippen molar-refractivity contribution < 1.29 is 13.2 Å².